The summed E-state index contributed by atoms with van der Waals surface area (Å²) in [6, 6.07) is 18.7. The van der Waals surface area contributed by atoms with E-state index in [1.807, 2.05) is 42.5 Å². The molecule has 9 heteroatoms. The molecular formula is C30H34N4O5. The number of rotatable bonds is 8. The van der Waals surface area contributed by atoms with Gasteiger partial charge in [0.25, 0.3) is 5.91 Å². The van der Waals surface area contributed by atoms with Gasteiger partial charge < -0.3 is 25.4 Å². The number of anilines is 1. The van der Waals surface area contributed by atoms with Gasteiger partial charge >= 0.3 is 6.09 Å². The van der Waals surface area contributed by atoms with Gasteiger partial charge in [0.15, 0.2) is 0 Å². The Hall–Kier alpha value is -4.58. The van der Waals surface area contributed by atoms with E-state index in [1.54, 1.807) is 52.8 Å². The van der Waals surface area contributed by atoms with E-state index in [9.17, 15) is 24.8 Å². The first kappa shape index (κ1) is 29.0. The van der Waals surface area contributed by atoms with E-state index in [0.29, 0.717) is 11.3 Å². The van der Waals surface area contributed by atoms with Gasteiger partial charge in [0.05, 0.1) is 6.07 Å². The molecule has 0 aliphatic heterocycles. The van der Waals surface area contributed by atoms with E-state index < -0.39 is 42.1 Å². The van der Waals surface area contributed by atoms with Crippen LogP contribution in [0.5, 0.6) is 5.75 Å². The fourth-order valence-electron chi connectivity index (χ4n) is 4.14. The number of amides is 3. The van der Waals surface area contributed by atoms with Crippen LogP contribution in [0.25, 0.3) is 10.8 Å². The third-order valence-electron chi connectivity index (χ3n) is 5.89. The Morgan fingerprint density at radius 2 is 1.69 bits per heavy atom. The van der Waals surface area contributed by atoms with Crippen LogP contribution in [-0.4, -0.2) is 46.1 Å². The Labute approximate surface area is 228 Å². The third-order valence-corrected chi connectivity index (χ3v) is 5.89. The Balaban J connectivity index is 2.00. The molecule has 9 nitrogen and oxygen atoms in total. The number of ether oxygens (including phenoxy) is 1. The van der Waals surface area contributed by atoms with E-state index in [4.69, 9.17) is 4.74 Å². The Morgan fingerprint density at radius 1 is 1.00 bits per heavy atom. The molecule has 0 bridgehead atoms. The second-order valence-corrected chi connectivity index (χ2v) is 10.5. The molecule has 204 valence electrons. The number of nitrogens with one attached hydrogen (secondary N) is 2. The van der Waals surface area contributed by atoms with Gasteiger partial charge in [0.1, 0.15) is 30.0 Å². The minimum atomic E-state index is -1.28. The monoisotopic (exact) mass is 530 g/mol. The molecule has 0 aliphatic rings. The van der Waals surface area contributed by atoms with Crippen LogP contribution in [0.15, 0.2) is 66.7 Å². The number of phenolic OH excluding ortho intramolecular Hbond substituents is 1. The highest BCUT2D eigenvalue weighted by molar-refractivity contribution is 6.00. The van der Waals surface area contributed by atoms with E-state index in [-0.39, 0.29) is 11.7 Å². The van der Waals surface area contributed by atoms with Gasteiger partial charge in [-0.1, -0.05) is 56.3 Å². The van der Waals surface area contributed by atoms with Gasteiger partial charge in [-0.25, -0.2) is 4.79 Å². The number of carbonyl (C=O) groups excluding carboxylic acids is 3. The van der Waals surface area contributed by atoms with E-state index in [2.05, 4.69) is 10.6 Å². The van der Waals surface area contributed by atoms with Crippen LogP contribution < -0.4 is 10.6 Å². The lowest BCUT2D eigenvalue weighted by molar-refractivity contribution is -0.140. The van der Waals surface area contributed by atoms with Crippen LogP contribution >= 0.6 is 0 Å². The lowest BCUT2D eigenvalue weighted by Crippen LogP contribution is -2.54. The zero-order valence-electron chi connectivity index (χ0n) is 22.8. The molecule has 3 aromatic carbocycles. The number of benzene rings is 3. The summed E-state index contributed by atoms with van der Waals surface area (Å²) in [5, 5.41) is 27.1. The molecule has 0 aliphatic carbocycles. The maximum absolute atomic E-state index is 13.9. The lowest BCUT2D eigenvalue weighted by Gasteiger charge is -2.34. The molecule has 3 rings (SSSR count). The predicted molar refractivity (Wildman–Crippen MR) is 149 cm³/mol. The number of hydrogen-bond acceptors (Lipinski definition) is 6. The number of nitrogens with zero attached hydrogens (tertiary/aromatic N) is 2. The van der Waals surface area contributed by atoms with Crippen LogP contribution in [0.3, 0.4) is 0 Å². The topological polar surface area (TPSA) is 132 Å². The number of fused-ring (bicyclic) bond motifs is 1. The molecule has 3 aromatic rings. The van der Waals surface area contributed by atoms with Crippen LogP contribution in [0.1, 0.15) is 46.2 Å². The third kappa shape index (κ3) is 7.71. The van der Waals surface area contributed by atoms with Gasteiger partial charge in [-0.2, -0.15) is 5.26 Å². The fraction of sp³-hybridized carbons (Fsp3) is 0.333. The molecule has 0 heterocycles. The SMILES string of the molecule is CC(C)C(NC(=O)OC(C)(C)C)C(=O)N(CC#N)C(C(=O)Nc1ccc2ccccc2c1)c1cccc(O)c1. The quantitative estimate of drug-likeness (QED) is 0.346. The molecule has 39 heavy (non-hydrogen) atoms. The zero-order valence-corrected chi connectivity index (χ0v) is 22.8. The van der Waals surface area contributed by atoms with E-state index in [0.717, 1.165) is 15.7 Å². The second kappa shape index (κ2) is 12.3. The highest BCUT2D eigenvalue weighted by Gasteiger charge is 2.37. The maximum atomic E-state index is 13.9. The van der Waals surface area contributed by atoms with Crippen molar-refractivity contribution in [3.05, 3.63) is 72.3 Å². The minimum absolute atomic E-state index is 0.104. The number of nitriles is 1. The first-order chi connectivity index (χ1) is 18.4. The average Bonchev–Trinajstić information content (AvgIpc) is 2.85. The number of phenols is 1. The van der Waals surface area contributed by atoms with Gasteiger partial charge in [-0.15, -0.1) is 0 Å². The summed E-state index contributed by atoms with van der Waals surface area (Å²) in [6.45, 7) is 8.15. The summed E-state index contributed by atoms with van der Waals surface area (Å²) >= 11 is 0. The predicted octanol–water partition coefficient (Wildman–Crippen LogP) is 5.13. The van der Waals surface area contributed by atoms with Crippen LogP contribution in [0, 0.1) is 17.2 Å². The summed E-state index contributed by atoms with van der Waals surface area (Å²) in [4.78, 5) is 41.3. The molecule has 0 spiro atoms. The van der Waals surface area contributed by atoms with Gasteiger partial charge in [-0.3, -0.25) is 9.59 Å². The smallest absolute Gasteiger partial charge is 0.408 e. The first-order valence-electron chi connectivity index (χ1n) is 12.6. The molecule has 0 saturated carbocycles. The molecule has 2 unspecified atom stereocenters. The van der Waals surface area contributed by atoms with Crippen molar-refractivity contribution in [3.63, 3.8) is 0 Å². The number of hydrogen-bond donors (Lipinski definition) is 3. The van der Waals surface area contributed by atoms with Crippen molar-refractivity contribution in [1.82, 2.24) is 10.2 Å². The summed E-state index contributed by atoms with van der Waals surface area (Å²) in [5.41, 5.74) is 0.0161. The van der Waals surface area contributed by atoms with Crippen molar-refractivity contribution < 1.29 is 24.2 Å². The van der Waals surface area contributed by atoms with Crippen molar-refractivity contribution in [2.24, 2.45) is 5.92 Å². The molecule has 0 fully saturated rings. The minimum Gasteiger partial charge on any atom is -0.508 e. The van der Waals surface area contributed by atoms with Crippen LogP contribution in [0.2, 0.25) is 0 Å². The van der Waals surface area contributed by atoms with E-state index in [1.165, 1.54) is 12.1 Å². The number of aromatic hydroxyl groups is 1. The molecule has 3 amide bonds. The molecule has 0 radical (unpaired) electrons. The second-order valence-electron chi connectivity index (χ2n) is 10.5. The molecule has 3 N–H and O–H groups in total. The Morgan fingerprint density at radius 3 is 2.31 bits per heavy atom. The van der Waals surface area contributed by atoms with Crippen molar-refractivity contribution in [2.75, 3.05) is 11.9 Å². The Bertz CT molecular complexity index is 1390. The highest BCUT2D eigenvalue weighted by Crippen LogP contribution is 2.28. The van der Waals surface area contributed by atoms with Crippen molar-refractivity contribution in [2.45, 2.75) is 52.3 Å². The first-order valence-corrected chi connectivity index (χ1v) is 12.6. The number of alkyl carbamates (subject to hydrolysis) is 1. The fourth-order valence-corrected chi connectivity index (χ4v) is 4.14. The molecular weight excluding hydrogens is 496 g/mol. The lowest BCUT2D eigenvalue weighted by atomic mass is 9.98. The maximum Gasteiger partial charge on any atom is 0.408 e. The van der Waals surface area contributed by atoms with E-state index >= 15 is 0 Å². The summed E-state index contributed by atoms with van der Waals surface area (Å²) in [7, 11) is 0. The van der Waals surface area contributed by atoms with Crippen molar-refractivity contribution >= 4 is 34.4 Å². The standard InChI is InChI=1S/C30H34N4O5/c1-19(2)25(33-29(38)39-30(3,4)5)28(37)34(16-15-31)26(22-11-8-12-24(35)18-22)27(36)32-23-14-13-20-9-6-7-10-21(20)17-23/h6-14,17-19,25-26,35H,16H2,1-5H3,(H,32,36)(H,33,38). The summed E-state index contributed by atoms with van der Waals surface area (Å²) < 4.78 is 5.33. The molecule has 0 aromatic heterocycles. The van der Waals surface area contributed by atoms with Gasteiger partial charge in [0, 0.05) is 5.69 Å². The van der Waals surface area contributed by atoms with Crippen LogP contribution in [0.4, 0.5) is 10.5 Å². The summed E-state index contributed by atoms with van der Waals surface area (Å²) in [5.74, 6) is -1.72. The van der Waals surface area contributed by atoms with Crippen molar-refractivity contribution in [1.29, 1.82) is 5.26 Å². The largest absolute Gasteiger partial charge is 0.508 e. The normalized spacial score (nSPS) is 12.7. The molecule has 2 atom stereocenters. The highest BCUT2D eigenvalue weighted by atomic mass is 16.6. The summed E-state index contributed by atoms with van der Waals surface area (Å²) in [6.07, 6.45) is -0.791. The number of carbonyl (C=O) groups is 3. The Kier molecular flexibility index (Phi) is 9.15. The zero-order chi connectivity index (χ0) is 28.7. The van der Waals surface area contributed by atoms with Crippen LogP contribution in [-0.2, 0) is 14.3 Å². The van der Waals surface area contributed by atoms with Crippen molar-refractivity contribution in [3.8, 4) is 11.8 Å². The van der Waals surface area contributed by atoms with Gasteiger partial charge in [-0.05, 0) is 67.3 Å². The van der Waals surface area contributed by atoms with Gasteiger partial charge in [0.2, 0.25) is 5.91 Å². The average molecular weight is 531 g/mol. The molecule has 0 saturated heterocycles.